The second kappa shape index (κ2) is 9.97. The Morgan fingerprint density at radius 2 is 1.93 bits per heavy atom. The zero-order valence-corrected chi connectivity index (χ0v) is 16.3. The monoisotopic (exact) mass is 377 g/mol. The zero-order chi connectivity index (χ0) is 19.8. The Balaban J connectivity index is 1.87. The minimum absolute atomic E-state index is 0.0251. The van der Waals surface area contributed by atoms with Gasteiger partial charge in [0.05, 0.1) is 25.9 Å². The number of carbonyl (C=O) groups excluding carboxylic acids is 2. The van der Waals surface area contributed by atoms with Crippen molar-refractivity contribution < 1.29 is 28.5 Å². The molecule has 7 heteroatoms. The molecule has 0 spiro atoms. The first-order chi connectivity index (χ1) is 12.9. The fraction of sp³-hybridized carbons (Fsp3) is 0.500. The summed E-state index contributed by atoms with van der Waals surface area (Å²) >= 11 is 0. The predicted octanol–water partition coefficient (Wildman–Crippen LogP) is 2.29. The second-order valence-electron chi connectivity index (χ2n) is 6.34. The Morgan fingerprint density at radius 1 is 1.22 bits per heavy atom. The summed E-state index contributed by atoms with van der Waals surface area (Å²) in [6.07, 6.45) is 2.84. The minimum atomic E-state index is -0.578. The summed E-state index contributed by atoms with van der Waals surface area (Å²) in [6, 6.07) is 5.34. The number of benzene rings is 1. The van der Waals surface area contributed by atoms with Crippen molar-refractivity contribution in [2.45, 2.75) is 33.0 Å². The summed E-state index contributed by atoms with van der Waals surface area (Å²) in [5, 5.41) is 0. The van der Waals surface area contributed by atoms with Crippen molar-refractivity contribution in [3.63, 3.8) is 0 Å². The molecule has 2 atom stereocenters. The van der Waals surface area contributed by atoms with Crippen molar-refractivity contribution in [1.82, 2.24) is 4.90 Å². The second-order valence-corrected chi connectivity index (χ2v) is 6.34. The lowest BCUT2D eigenvalue weighted by molar-refractivity contribution is -0.154. The van der Waals surface area contributed by atoms with Crippen LogP contribution in [0.3, 0.4) is 0 Å². The molecule has 1 aliphatic rings. The van der Waals surface area contributed by atoms with E-state index in [0.717, 1.165) is 5.56 Å². The van der Waals surface area contributed by atoms with Crippen LogP contribution in [0.2, 0.25) is 0 Å². The molecular weight excluding hydrogens is 350 g/mol. The van der Waals surface area contributed by atoms with E-state index in [2.05, 4.69) is 0 Å². The Bertz CT molecular complexity index is 677. The van der Waals surface area contributed by atoms with E-state index in [4.69, 9.17) is 18.9 Å². The van der Waals surface area contributed by atoms with Crippen LogP contribution in [-0.4, -0.2) is 62.4 Å². The number of hydrogen-bond donors (Lipinski definition) is 0. The fourth-order valence-corrected chi connectivity index (χ4v) is 2.88. The van der Waals surface area contributed by atoms with E-state index in [1.165, 1.54) is 6.08 Å². The lowest BCUT2D eigenvalue weighted by atomic mass is 10.2. The molecule has 1 fully saturated rings. The van der Waals surface area contributed by atoms with E-state index in [0.29, 0.717) is 31.2 Å². The first kappa shape index (κ1) is 20.8. The van der Waals surface area contributed by atoms with Crippen LogP contribution in [0.1, 0.15) is 26.3 Å². The highest BCUT2D eigenvalue weighted by atomic mass is 16.5. The van der Waals surface area contributed by atoms with Gasteiger partial charge in [-0.3, -0.25) is 4.79 Å². The smallest absolute Gasteiger partial charge is 0.331 e. The van der Waals surface area contributed by atoms with Gasteiger partial charge in [0.25, 0.3) is 5.91 Å². The SMILES string of the molecule is CCOc1ccc(/C=C/C(=O)OCC(=O)N2C[C@@H](C)O[C@H](C)C2)cc1OC. The van der Waals surface area contributed by atoms with E-state index in [-0.39, 0.29) is 24.7 Å². The summed E-state index contributed by atoms with van der Waals surface area (Å²) in [7, 11) is 1.55. The van der Waals surface area contributed by atoms with E-state index >= 15 is 0 Å². The molecule has 27 heavy (non-hydrogen) atoms. The molecule has 1 aromatic rings. The summed E-state index contributed by atoms with van der Waals surface area (Å²) in [4.78, 5) is 25.7. The molecule has 1 aliphatic heterocycles. The van der Waals surface area contributed by atoms with Gasteiger partial charge in [0.15, 0.2) is 18.1 Å². The molecule has 0 aliphatic carbocycles. The average molecular weight is 377 g/mol. The first-order valence-corrected chi connectivity index (χ1v) is 9.01. The topological polar surface area (TPSA) is 74.3 Å². The molecule has 2 rings (SSSR count). The van der Waals surface area contributed by atoms with Gasteiger partial charge in [-0.25, -0.2) is 4.79 Å². The van der Waals surface area contributed by atoms with E-state index in [9.17, 15) is 9.59 Å². The third kappa shape index (κ3) is 6.29. The number of hydrogen-bond acceptors (Lipinski definition) is 6. The molecule has 1 aromatic carbocycles. The highest BCUT2D eigenvalue weighted by Crippen LogP contribution is 2.28. The number of ether oxygens (including phenoxy) is 4. The van der Waals surface area contributed by atoms with Crippen LogP contribution in [0.25, 0.3) is 6.08 Å². The largest absolute Gasteiger partial charge is 0.493 e. The highest BCUT2D eigenvalue weighted by Gasteiger charge is 2.26. The van der Waals surface area contributed by atoms with Crippen molar-refractivity contribution >= 4 is 18.0 Å². The molecule has 0 unspecified atom stereocenters. The highest BCUT2D eigenvalue weighted by molar-refractivity contribution is 5.89. The molecule has 1 heterocycles. The summed E-state index contributed by atoms with van der Waals surface area (Å²) in [6.45, 7) is 6.97. The zero-order valence-electron chi connectivity index (χ0n) is 16.3. The molecule has 0 bridgehead atoms. The number of nitrogens with zero attached hydrogens (tertiary/aromatic N) is 1. The van der Waals surface area contributed by atoms with Crippen molar-refractivity contribution in [2.75, 3.05) is 33.4 Å². The Hall–Kier alpha value is -2.54. The average Bonchev–Trinajstić information content (AvgIpc) is 2.64. The van der Waals surface area contributed by atoms with Gasteiger partial charge in [-0.15, -0.1) is 0 Å². The number of methoxy groups -OCH3 is 1. The summed E-state index contributed by atoms with van der Waals surface area (Å²) < 4.78 is 21.4. The molecule has 0 radical (unpaired) electrons. The number of morpholine rings is 1. The first-order valence-electron chi connectivity index (χ1n) is 9.01. The molecule has 1 saturated heterocycles. The van der Waals surface area contributed by atoms with Gasteiger partial charge in [-0.05, 0) is 44.5 Å². The number of carbonyl (C=O) groups is 2. The fourth-order valence-electron chi connectivity index (χ4n) is 2.88. The number of rotatable bonds is 7. The normalized spacial score (nSPS) is 19.8. The third-order valence-corrected chi connectivity index (χ3v) is 4.01. The maximum Gasteiger partial charge on any atom is 0.331 e. The molecule has 1 amide bonds. The third-order valence-electron chi connectivity index (χ3n) is 4.01. The number of amides is 1. The van der Waals surface area contributed by atoms with Crippen molar-refractivity contribution in [3.8, 4) is 11.5 Å². The van der Waals surface area contributed by atoms with Crippen LogP contribution < -0.4 is 9.47 Å². The Kier molecular flexibility index (Phi) is 7.67. The van der Waals surface area contributed by atoms with E-state index < -0.39 is 5.97 Å². The van der Waals surface area contributed by atoms with Crippen molar-refractivity contribution in [3.05, 3.63) is 29.8 Å². The van der Waals surface area contributed by atoms with E-state index in [1.54, 1.807) is 36.3 Å². The van der Waals surface area contributed by atoms with Crippen LogP contribution >= 0.6 is 0 Å². The van der Waals surface area contributed by atoms with Gasteiger partial charge >= 0.3 is 5.97 Å². The lowest BCUT2D eigenvalue weighted by Crippen LogP contribution is -2.49. The van der Waals surface area contributed by atoms with Crippen molar-refractivity contribution in [2.24, 2.45) is 0 Å². The molecule has 148 valence electrons. The van der Waals surface area contributed by atoms with Crippen LogP contribution in [0.4, 0.5) is 0 Å². The maximum absolute atomic E-state index is 12.2. The molecule has 7 nitrogen and oxygen atoms in total. The summed E-state index contributed by atoms with van der Waals surface area (Å²) in [5.41, 5.74) is 0.759. The predicted molar refractivity (Wildman–Crippen MR) is 101 cm³/mol. The van der Waals surface area contributed by atoms with Gasteiger partial charge < -0.3 is 23.8 Å². The Labute approximate surface area is 159 Å². The Morgan fingerprint density at radius 3 is 2.56 bits per heavy atom. The van der Waals surface area contributed by atoms with Gasteiger partial charge in [-0.2, -0.15) is 0 Å². The molecule has 0 saturated carbocycles. The van der Waals surface area contributed by atoms with Gasteiger partial charge in [0, 0.05) is 19.2 Å². The summed E-state index contributed by atoms with van der Waals surface area (Å²) in [5.74, 6) is 0.421. The molecule has 0 N–H and O–H groups in total. The minimum Gasteiger partial charge on any atom is -0.493 e. The van der Waals surface area contributed by atoms with Crippen LogP contribution in [0.15, 0.2) is 24.3 Å². The molecular formula is C20H27NO6. The standard InChI is InChI=1S/C20H27NO6/c1-5-25-17-8-6-16(10-18(17)24-4)7-9-20(23)26-13-19(22)21-11-14(2)27-15(3)12-21/h6-10,14-15H,5,11-13H2,1-4H3/b9-7+/t14-,15-/m1/s1. The van der Waals surface area contributed by atoms with Gasteiger partial charge in [-0.1, -0.05) is 6.07 Å². The van der Waals surface area contributed by atoms with Gasteiger partial charge in [0.2, 0.25) is 0 Å². The van der Waals surface area contributed by atoms with Gasteiger partial charge in [0.1, 0.15) is 0 Å². The van der Waals surface area contributed by atoms with Crippen LogP contribution in [0.5, 0.6) is 11.5 Å². The quantitative estimate of drug-likeness (QED) is 0.536. The maximum atomic E-state index is 12.2. The van der Waals surface area contributed by atoms with Crippen LogP contribution in [0, 0.1) is 0 Å². The number of esters is 1. The van der Waals surface area contributed by atoms with E-state index in [1.807, 2.05) is 20.8 Å². The molecule has 0 aromatic heterocycles. The van der Waals surface area contributed by atoms with Crippen LogP contribution in [-0.2, 0) is 19.1 Å². The van der Waals surface area contributed by atoms with Crippen molar-refractivity contribution in [1.29, 1.82) is 0 Å². The lowest BCUT2D eigenvalue weighted by Gasteiger charge is -2.35.